The van der Waals surface area contributed by atoms with Crippen LogP contribution in [0.2, 0.25) is 0 Å². The van der Waals surface area contributed by atoms with Gasteiger partial charge in [-0.3, -0.25) is 14.4 Å². The Morgan fingerprint density at radius 3 is 0.886 bits per heavy atom. The highest BCUT2D eigenvalue weighted by atomic mass is 16.1. The van der Waals surface area contributed by atoms with Crippen molar-refractivity contribution in [1.82, 2.24) is 0 Å². The Bertz CT molecular complexity index is 1340. The fraction of sp³-hybridized carbons (Fsp3) is 0.488. The second kappa shape index (κ2) is 11.5. The fourth-order valence-corrected chi connectivity index (χ4v) is 10.2. The van der Waals surface area contributed by atoms with Gasteiger partial charge in [0.25, 0.3) is 0 Å². The van der Waals surface area contributed by atoms with E-state index in [4.69, 9.17) is 0 Å². The number of carbonyl (C=O) groups is 3. The number of unbranched alkanes of at least 4 members (excludes halogenated alkanes) is 3. The third kappa shape index (κ3) is 3.83. The van der Waals surface area contributed by atoms with Gasteiger partial charge >= 0.3 is 0 Å². The second-order valence-electron chi connectivity index (χ2n) is 13.9. The Labute approximate surface area is 263 Å². The van der Waals surface area contributed by atoms with Crippen molar-refractivity contribution in [2.45, 2.75) is 121 Å². The van der Waals surface area contributed by atoms with Gasteiger partial charge in [-0.1, -0.05) is 120 Å². The minimum atomic E-state index is -0.653. The van der Waals surface area contributed by atoms with Gasteiger partial charge in [-0.25, -0.2) is 0 Å². The van der Waals surface area contributed by atoms with Gasteiger partial charge in [-0.05, 0) is 52.6 Å². The number of benzene rings is 3. The molecule has 0 unspecified atom stereocenters. The maximum Gasteiger partial charge on any atom is 0.134 e. The van der Waals surface area contributed by atoms with Gasteiger partial charge < -0.3 is 0 Å². The minimum Gasteiger partial charge on any atom is -0.300 e. The molecule has 3 aromatic carbocycles. The van der Waals surface area contributed by atoms with Gasteiger partial charge in [0.05, 0.1) is 0 Å². The van der Waals surface area contributed by atoms with Crippen LogP contribution in [0.3, 0.4) is 0 Å². The lowest BCUT2D eigenvalue weighted by molar-refractivity contribution is -0.123. The largest absolute Gasteiger partial charge is 0.300 e. The van der Waals surface area contributed by atoms with Crippen LogP contribution >= 0.6 is 0 Å². The van der Waals surface area contributed by atoms with Crippen LogP contribution in [0.25, 0.3) is 0 Å². The van der Waals surface area contributed by atoms with Crippen molar-refractivity contribution in [1.29, 1.82) is 0 Å². The summed E-state index contributed by atoms with van der Waals surface area (Å²) in [6.45, 7) is 8.78. The van der Waals surface area contributed by atoms with Gasteiger partial charge in [0.1, 0.15) is 17.3 Å². The Hall–Kier alpha value is -3.33. The molecule has 3 aromatic rings. The Kier molecular flexibility index (Phi) is 8.05. The Balaban J connectivity index is 1.74. The second-order valence-corrected chi connectivity index (χ2v) is 13.9. The summed E-state index contributed by atoms with van der Waals surface area (Å²) in [4.78, 5) is 42.5. The van der Waals surface area contributed by atoms with Crippen LogP contribution in [0.1, 0.15) is 138 Å². The maximum atomic E-state index is 14.2. The minimum absolute atomic E-state index is 0.273. The summed E-state index contributed by atoms with van der Waals surface area (Å²) in [6, 6.07) is 26.0. The van der Waals surface area contributed by atoms with Crippen molar-refractivity contribution in [3.8, 4) is 0 Å². The smallest absolute Gasteiger partial charge is 0.134 e. The highest BCUT2D eigenvalue weighted by molar-refractivity contribution is 5.91. The molecule has 6 rings (SSSR count). The zero-order chi connectivity index (χ0) is 31.2. The molecule has 0 saturated carbocycles. The summed E-state index contributed by atoms with van der Waals surface area (Å²) in [5.41, 5.74) is 4.50. The summed E-state index contributed by atoms with van der Waals surface area (Å²) >= 11 is 0. The molecule has 0 aromatic heterocycles. The van der Waals surface area contributed by atoms with Crippen LogP contribution in [0, 0.1) is 5.41 Å². The number of ketones is 3. The van der Waals surface area contributed by atoms with E-state index in [1.54, 1.807) is 0 Å². The molecule has 0 saturated heterocycles. The molecular formula is C41H48O3. The third-order valence-electron chi connectivity index (χ3n) is 11.9. The predicted molar refractivity (Wildman–Crippen MR) is 177 cm³/mol. The van der Waals surface area contributed by atoms with E-state index in [0.29, 0.717) is 38.5 Å². The van der Waals surface area contributed by atoms with Crippen molar-refractivity contribution in [2.75, 3.05) is 0 Å². The number of rotatable bonds is 15. The van der Waals surface area contributed by atoms with Crippen LogP contribution in [-0.4, -0.2) is 17.3 Å². The first-order valence-electron chi connectivity index (χ1n) is 17.1. The van der Waals surface area contributed by atoms with Crippen LogP contribution in [0.5, 0.6) is 0 Å². The zero-order valence-electron chi connectivity index (χ0n) is 27.1. The van der Waals surface area contributed by atoms with Crippen molar-refractivity contribution < 1.29 is 14.4 Å². The van der Waals surface area contributed by atoms with Crippen LogP contribution in [0.4, 0.5) is 0 Å². The number of fused-ring (bicyclic) bond motifs is 9. The topological polar surface area (TPSA) is 51.2 Å². The van der Waals surface area contributed by atoms with Crippen LogP contribution in [0.15, 0.2) is 72.8 Å². The van der Waals surface area contributed by atoms with Crippen LogP contribution < -0.4 is 0 Å². The van der Waals surface area contributed by atoms with Crippen LogP contribution in [-0.2, 0) is 30.6 Å². The highest BCUT2D eigenvalue weighted by Crippen LogP contribution is 2.84. The Morgan fingerprint density at radius 2 is 0.682 bits per heavy atom. The normalized spacial score (nSPS) is 27.0. The van der Waals surface area contributed by atoms with Gasteiger partial charge in [0.2, 0.25) is 0 Å². The first-order chi connectivity index (χ1) is 21.3. The highest BCUT2D eigenvalue weighted by Gasteiger charge is 2.83. The molecule has 0 aliphatic heterocycles. The van der Waals surface area contributed by atoms with Crippen molar-refractivity contribution in [3.63, 3.8) is 0 Å². The average Bonchev–Trinajstić information content (AvgIpc) is 3.44. The van der Waals surface area contributed by atoms with E-state index in [1.165, 1.54) is 33.4 Å². The van der Waals surface area contributed by atoms with E-state index >= 15 is 0 Å². The van der Waals surface area contributed by atoms with E-state index in [2.05, 4.69) is 100 Å². The first-order valence-corrected chi connectivity index (χ1v) is 17.1. The molecule has 0 amide bonds. The summed E-state index contributed by atoms with van der Waals surface area (Å²) in [7, 11) is 0. The van der Waals surface area contributed by atoms with E-state index in [-0.39, 0.29) is 17.3 Å². The monoisotopic (exact) mass is 588 g/mol. The SMILES string of the molecule is CCCCC(=O)CC12c3ccccc3C3(CC(=O)CCCC)c4ccccc4C(CC(=O)CCCC)(c4ccccc41)C23C. The quantitative estimate of drug-likeness (QED) is 0.178. The third-order valence-corrected chi connectivity index (χ3v) is 11.9. The number of carbonyl (C=O) groups excluding carboxylic acids is 3. The number of hydrogen-bond donors (Lipinski definition) is 0. The molecule has 0 radical (unpaired) electrons. The van der Waals surface area contributed by atoms with Crippen molar-refractivity contribution in [2.24, 2.45) is 5.41 Å². The average molecular weight is 589 g/mol. The molecule has 0 atom stereocenters. The van der Waals surface area contributed by atoms with E-state index in [9.17, 15) is 14.4 Å². The molecule has 0 spiro atoms. The lowest BCUT2D eigenvalue weighted by Gasteiger charge is -2.53. The van der Waals surface area contributed by atoms with E-state index < -0.39 is 21.7 Å². The molecule has 230 valence electrons. The summed E-state index contributed by atoms with van der Waals surface area (Å²) in [5.74, 6) is 0.819. The first kappa shape index (κ1) is 30.7. The van der Waals surface area contributed by atoms with Crippen molar-refractivity contribution in [3.05, 3.63) is 106 Å². The lowest BCUT2D eigenvalue weighted by atomic mass is 9.47. The molecule has 0 N–H and O–H groups in total. The molecule has 0 fully saturated rings. The maximum absolute atomic E-state index is 14.2. The van der Waals surface area contributed by atoms with Gasteiger partial charge in [0.15, 0.2) is 0 Å². The summed E-state index contributed by atoms with van der Waals surface area (Å²) in [5, 5.41) is 0. The van der Waals surface area contributed by atoms with Crippen molar-refractivity contribution >= 4 is 17.3 Å². The zero-order valence-corrected chi connectivity index (χ0v) is 27.1. The molecular weight excluding hydrogens is 540 g/mol. The lowest BCUT2D eigenvalue weighted by Crippen LogP contribution is -2.56. The molecule has 44 heavy (non-hydrogen) atoms. The molecule has 3 aliphatic rings. The molecule has 0 heterocycles. The molecule has 3 nitrogen and oxygen atoms in total. The number of hydrogen-bond acceptors (Lipinski definition) is 3. The fourth-order valence-electron chi connectivity index (χ4n) is 10.2. The van der Waals surface area contributed by atoms with Gasteiger partial charge in [-0.15, -0.1) is 0 Å². The van der Waals surface area contributed by atoms with E-state index in [1.807, 2.05) is 0 Å². The van der Waals surface area contributed by atoms with Gasteiger partial charge in [0, 0.05) is 60.2 Å². The van der Waals surface area contributed by atoms with E-state index in [0.717, 1.165) is 38.5 Å². The summed E-state index contributed by atoms with van der Waals surface area (Å²) < 4.78 is 0. The number of Topliss-reactive ketones (excluding diaryl/α,β-unsaturated/α-hetero) is 3. The molecule has 0 bridgehead atoms. The Morgan fingerprint density at radius 1 is 0.455 bits per heavy atom. The molecule has 3 heteroatoms. The summed E-state index contributed by atoms with van der Waals surface area (Å²) in [6.07, 6.45) is 8.36. The molecule has 3 aliphatic carbocycles. The predicted octanol–water partition coefficient (Wildman–Crippen LogP) is 9.34. The standard InChI is InChI=1S/C41H48O3/c1-5-8-17-29(42)26-39-32-20-11-13-22-34(32)40(27-30(43)18-9-6-2)36-24-15-16-25-37(36)41(38(39,40)4,28-31(44)19-10-7-3)35-23-14-12-21-33(35)39/h11-16,20-25H,5-10,17-19,26-28H2,1-4H3. The van der Waals surface area contributed by atoms with Gasteiger partial charge in [-0.2, -0.15) is 0 Å².